The lowest BCUT2D eigenvalue weighted by Crippen LogP contribution is -2.42. The van der Waals surface area contributed by atoms with Gasteiger partial charge in [-0.25, -0.2) is 18.2 Å². The maximum Gasteiger partial charge on any atom is 0.332 e. The molecule has 0 saturated heterocycles. The number of pyridine rings is 1. The molecule has 0 saturated carbocycles. The van der Waals surface area contributed by atoms with Crippen molar-refractivity contribution < 1.29 is 13.2 Å². The van der Waals surface area contributed by atoms with Crippen LogP contribution in [0.2, 0.25) is 0 Å². The van der Waals surface area contributed by atoms with Crippen molar-refractivity contribution in [3.05, 3.63) is 44.7 Å². The minimum absolute atomic E-state index is 0.0608. The number of nitrogens with two attached hydrogens (primary N) is 1. The van der Waals surface area contributed by atoms with Crippen LogP contribution in [-0.4, -0.2) is 51.0 Å². The smallest absolute Gasteiger partial charge is 0.332 e. The van der Waals surface area contributed by atoms with E-state index in [1.165, 1.54) is 36.7 Å². The van der Waals surface area contributed by atoms with Crippen LogP contribution >= 0.6 is 11.8 Å². The number of ketones is 1. The van der Waals surface area contributed by atoms with Crippen molar-refractivity contribution in [2.45, 2.75) is 35.9 Å². The minimum atomic E-state index is -3.63. The Hall–Kier alpha value is -2.44. The summed E-state index contributed by atoms with van der Waals surface area (Å²) in [5.74, 6) is -0.746. The van der Waals surface area contributed by atoms with E-state index in [0.29, 0.717) is 18.1 Å². The SMILES string of the molecule is CCN(CC)S(=O)(=O)c1ccc(S[C@H](C)C(=O)c2c(N)n(C)c(=O)n(C)c2=O)nc1. The van der Waals surface area contributed by atoms with E-state index in [1.807, 2.05) is 0 Å². The number of carbonyl (C=O) groups excluding carboxylic acids is 1. The van der Waals surface area contributed by atoms with Crippen LogP contribution in [0.4, 0.5) is 5.82 Å². The Labute approximate surface area is 178 Å². The molecule has 10 nitrogen and oxygen atoms in total. The normalized spacial score (nSPS) is 12.9. The van der Waals surface area contributed by atoms with Gasteiger partial charge >= 0.3 is 5.69 Å². The molecule has 2 N–H and O–H groups in total. The summed E-state index contributed by atoms with van der Waals surface area (Å²) in [6.45, 7) is 5.77. The highest BCUT2D eigenvalue weighted by Gasteiger charge is 2.26. The standard InChI is InChI=1S/C18H25N5O5S2/c1-6-23(7-2)30(27,28)12-8-9-13(20-10-12)29-11(3)15(24)14-16(19)21(4)18(26)22(5)17(14)25/h8-11H,6-7,19H2,1-5H3/t11-/m1/s1. The highest BCUT2D eigenvalue weighted by Crippen LogP contribution is 2.25. The van der Waals surface area contributed by atoms with Crippen molar-refractivity contribution in [3.63, 3.8) is 0 Å². The second-order valence-corrected chi connectivity index (χ2v) is 9.81. The molecule has 2 heterocycles. The van der Waals surface area contributed by atoms with Gasteiger partial charge in [0.2, 0.25) is 10.0 Å². The molecule has 0 bridgehead atoms. The maximum absolute atomic E-state index is 12.8. The molecule has 0 unspecified atom stereocenters. The fourth-order valence-electron chi connectivity index (χ4n) is 2.83. The molecule has 0 aliphatic rings. The molecular formula is C18H25N5O5S2. The fraction of sp³-hybridized carbons (Fsp3) is 0.444. The monoisotopic (exact) mass is 455 g/mol. The Balaban J connectivity index is 2.30. The molecule has 2 aromatic heterocycles. The third kappa shape index (κ3) is 4.35. The number of anilines is 1. The Kier molecular flexibility index (Phi) is 7.27. The molecule has 2 rings (SSSR count). The van der Waals surface area contributed by atoms with Crippen molar-refractivity contribution in [2.75, 3.05) is 18.8 Å². The number of sulfonamides is 1. The fourth-order valence-corrected chi connectivity index (χ4v) is 5.08. The van der Waals surface area contributed by atoms with E-state index in [1.54, 1.807) is 20.8 Å². The van der Waals surface area contributed by atoms with Gasteiger partial charge in [0.1, 0.15) is 16.3 Å². The van der Waals surface area contributed by atoms with E-state index >= 15 is 0 Å². The topological polar surface area (TPSA) is 137 Å². The predicted octanol–water partition coefficient (Wildman–Crippen LogP) is 0.455. The Morgan fingerprint density at radius 3 is 2.30 bits per heavy atom. The predicted molar refractivity (Wildman–Crippen MR) is 115 cm³/mol. The van der Waals surface area contributed by atoms with Crippen LogP contribution in [0.1, 0.15) is 31.1 Å². The summed E-state index contributed by atoms with van der Waals surface area (Å²) < 4.78 is 28.3. The number of aromatic nitrogens is 3. The van der Waals surface area contributed by atoms with E-state index in [0.717, 1.165) is 20.9 Å². The Morgan fingerprint density at radius 1 is 1.20 bits per heavy atom. The van der Waals surface area contributed by atoms with Crippen molar-refractivity contribution >= 4 is 33.4 Å². The summed E-state index contributed by atoms with van der Waals surface area (Å²) in [6.07, 6.45) is 1.24. The molecule has 1 atom stereocenters. The molecule has 0 spiro atoms. The van der Waals surface area contributed by atoms with Crippen LogP contribution in [0.5, 0.6) is 0 Å². The van der Waals surface area contributed by atoms with Crippen LogP contribution in [0.3, 0.4) is 0 Å². The van der Waals surface area contributed by atoms with Gasteiger partial charge in [-0.2, -0.15) is 4.31 Å². The highest BCUT2D eigenvalue weighted by molar-refractivity contribution is 8.00. The van der Waals surface area contributed by atoms with Gasteiger partial charge in [0.15, 0.2) is 5.78 Å². The maximum atomic E-state index is 12.8. The van der Waals surface area contributed by atoms with Gasteiger partial charge < -0.3 is 5.73 Å². The summed E-state index contributed by atoms with van der Waals surface area (Å²) in [5, 5.41) is -0.329. The zero-order valence-corrected chi connectivity index (χ0v) is 19.1. The van der Waals surface area contributed by atoms with E-state index in [4.69, 9.17) is 5.73 Å². The lowest BCUT2D eigenvalue weighted by Gasteiger charge is -2.18. The average molecular weight is 456 g/mol. The summed E-state index contributed by atoms with van der Waals surface area (Å²) >= 11 is 1.06. The van der Waals surface area contributed by atoms with Crippen LogP contribution in [0.25, 0.3) is 0 Å². The van der Waals surface area contributed by atoms with Crippen molar-refractivity contribution in [1.82, 2.24) is 18.4 Å². The van der Waals surface area contributed by atoms with Crippen LogP contribution in [0.15, 0.2) is 37.8 Å². The summed E-state index contributed by atoms with van der Waals surface area (Å²) in [4.78, 5) is 41.3. The Morgan fingerprint density at radius 2 is 1.80 bits per heavy atom. The molecule has 0 fully saturated rings. The van der Waals surface area contributed by atoms with E-state index in [9.17, 15) is 22.8 Å². The van der Waals surface area contributed by atoms with Crippen LogP contribution in [-0.2, 0) is 24.1 Å². The second-order valence-electron chi connectivity index (χ2n) is 6.51. The molecular weight excluding hydrogens is 430 g/mol. The lowest BCUT2D eigenvalue weighted by molar-refractivity contribution is 0.0992. The number of hydrogen-bond acceptors (Lipinski definition) is 8. The molecule has 0 aliphatic carbocycles. The second kappa shape index (κ2) is 9.14. The number of carbonyl (C=O) groups is 1. The first-order valence-corrected chi connectivity index (χ1v) is 11.5. The van der Waals surface area contributed by atoms with Gasteiger partial charge in [0, 0.05) is 33.4 Å². The van der Waals surface area contributed by atoms with Crippen molar-refractivity contribution in [2.24, 2.45) is 14.1 Å². The molecule has 30 heavy (non-hydrogen) atoms. The number of rotatable bonds is 8. The zero-order valence-electron chi connectivity index (χ0n) is 17.4. The molecule has 2 aromatic rings. The van der Waals surface area contributed by atoms with Gasteiger partial charge in [0.05, 0.1) is 10.3 Å². The molecule has 0 aromatic carbocycles. The number of nitrogens with zero attached hydrogens (tertiary/aromatic N) is 4. The third-order valence-electron chi connectivity index (χ3n) is 4.68. The lowest BCUT2D eigenvalue weighted by atomic mass is 10.1. The van der Waals surface area contributed by atoms with Gasteiger partial charge in [-0.15, -0.1) is 0 Å². The van der Waals surface area contributed by atoms with Gasteiger partial charge in [-0.1, -0.05) is 25.6 Å². The molecule has 164 valence electrons. The first-order chi connectivity index (χ1) is 14.0. The van der Waals surface area contributed by atoms with E-state index < -0.39 is 32.3 Å². The number of hydrogen-bond donors (Lipinski definition) is 1. The molecule has 0 radical (unpaired) electrons. The quantitative estimate of drug-likeness (QED) is 0.447. The minimum Gasteiger partial charge on any atom is -0.384 e. The highest BCUT2D eigenvalue weighted by atomic mass is 32.2. The van der Waals surface area contributed by atoms with Crippen molar-refractivity contribution in [1.29, 1.82) is 0 Å². The third-order valence-corrected chi connectivity index (χ3v) is 7.76. The molecule has 0 aliphatic heterocycles. The van der Waals surface area contributed by atoms with Crippen LogP contribution in [0, 0.1) is 0 Å². The summed E-state index contributed by atoms with van der Waals surface area (Å²) in [6, 6.07) is 2.94. The number of nitrogen functional groups attached to an aromatic ring is 1. The average Bonchev–Trinajstić information content (AvgIpc) is 2.72. The molecule has 12 heteroatoms. The van der Waals surface area contributed by atoms with Crippen molar-refractivity contribution in [3.8, 4) is 0 Å². The van der Waals surface area contributed by atoms with Gasteiger partial charge in [-0.3, -0.25) is 18.7 Å². The largest absolute Gasteiger partial charge is 0.384 e. The summed E-state index contributed by atoms with van der Waals surface area (Å²) in [7, 11) is -0.979. The van der Waals surface area contributed by atoms with E-state index in [2.05, 4.69) is 4.98 Å². The van der Waals surface area contributed by atoms with E-state index in [-0.39, 0.29) is 16.3 Å². The number of Topliss-reactive ketones (excluding diaryl/α,β-unsaturated/α-hetero) is 1. The first kappa shape index (κ1) is 23.8. The van der Waals surface area contributed by atoms with Gasteiger partial charge in [-0.05, 0) is 19.1 Å². The molecule has 0 amide bonds. The first-order valence-electron chi connectivity index (χ1n) is 9.19. The summed E-state index contributed by atoms with van der Waals surface area (Å²) in [5.41, 5.74) is 4.19. The van der Waals surface area contributed by atoms with Crippen LogP contribution < -0.4 is 17.0 Å². The Bertz CT molecular complexity index is 1170. The number of thioether (sulfide) groups is 1. The zero-order chi connectivity index (χ0) is 22.8. The van der Waals surface area contributed by atoms with Gasteiger partial charge in [0.25, 0.3) is 5.56 Å².